The molecule has 0 saturated carbocycles. The molecule has 0 radical (unpaired) electrons. The molecule has 6 nitrogen and oxygen atoms in total. The van der Waals surface area contributed by atoms with E-state index in [1.807, 2.05) is 0 Å². The van der Waals surface area contributed by atoms with E-state index in [0.29, 0.717) is 0 Å². The number of carboxylic acids is 1. The van der Waals surface area contributed by atoms with E-state index < -0.39 is 18.0 Å². The average molecular weight is 254 g/mol. The number of esters is 1. The summed E-state index contributed by atoms with van der Waals surface area (Å²) in [7, 11) is 1.50. The van der Waals surface area contributed by atoms with Gasteiger partial charge in [0.1, 0.15) is 19.3 Å². The molecular weight excluding hydrogens is 238 g/mol. The van der Waals surface area contributed by atoms with Crippen LogP contribution in [0.5, 0.6) is 0 Å². The topological polar surface area (TPSA) is 84.9 Å². The molecule has 1 unspecified atom stereocenters. The third-order valence-electron chi connectivity index (χ3n) is 1.51. The second-order valence-corrected chi connectivity index (χ2v) is 2.67. The fourth-order valence-electron chi connectivity index (χ4n) is 0.732. The molecule has 0 saturated heterocycles. The van der Waals surface area contributed by atoms with E-state index in [1.165, 1.54) is 13.1 Å². The van der Waals surface area contributed by atoms with Crippen LogP contribution in [0.1, 0.15) is 0 Å². The summed E-state index contributed by atoms with van der Waals surface area (Å²) in [5.74, 6) is -1.58. The Kier molecular flexibility index (Phi) is 11.2. The smallest absolute Gasteiger partial charge is 0.332 e. The second kappa shape index (κ2) is 10.4. The molecule has 0 bridgehead atoms. The van der Waals surface area contributed by atoms with Crippen LogP contribution in [0, 0.1) is 0 Å². The lowest BCUT2D eigenvalue weighted by molar-refractivity contribution is -0.150. The summed E-state index contributed by atoms with van der Waals surface area (Å²) in [5, 5.41) is 11.1. The Hall–Kier alpha value is -1.11. The average Bonchev–Trinajstić information content (AvgIpc) is 2.20. The van der Waals surface area contributed by atoms with Gasteiger partial charge in [0.15, 0.2) is 0 Å². The number of halogens is 1. The summed E-state index contributed by atoms with van der Waals surface area (Å²) in [6.07, 6.45) is 1.44. The molecule has 0 amide bonds. The number of carboxylic acid groups (broad SMARTS) is 1. The zero-order valence-electron chi connectivity index (χ0n) is 8.97. The fourth-order valence-corrected chi connectivity index (χ4v) is 0.732. The van der Waals surface area contributed by atoms with Gasteiger partial charge in [-0.25, -0.2) is 4.79 Å². The van der Waals surface area contributed by atoms with Gasteiger partial charge in [-0.2, -0.15) is 0 Å². The quantitative estimate of drug-likeness (QED) is 0.461. The van der Waals surface area contributed by atoms with Crippen molar-refractivity contribution in [1.82, 2.24) is 5.32 Å². The van der Waals surface area contributed by atoms with Crippen molar-refractivity contribution in [3.05, 3.63) is 12.7 Å². The predicted octanol–water partition coefficient (Wildman–Crippen LogP) is -0.173. The molecule has 0 aliphatic carbocycles. The Labute approximate surface area is 100 Å². The second-order valence-electron chi connectivity index (χ2n) is 2.67. The Morgan fingerprint density at radius 1 is 1.56 bits per heavy atom. The lowest BCUT2D eigenvalue weighted by Crippen LogP contribution is -2.38. The van der Waals surface area contributed by atoms with Gasteiger partial charge in [-0.3, -0.25) is 4.79 Å². The molecule has 7 heteroatoms. The van der Waals surface area contributed by atoms with Crippen molar-refractivity contribution in [3.63, 3.8) is 0 Å². The van der Waals surface area contributed by atoms with Crippen LogP contribution in [0.15, 0.2) is 12.7 Å². The monoisotopic (exact) mass is 253 g/mol. The van der Waals surface area contributed by atoms with Gasteiger partial charge in [-0.1, -0.05) is 12.7 Å². The number of hydrogen-bond donors (Lipinski definition) is 2. The summed E-state index contributed by atoms with van der Waals surface area (Å²) < 4.78 is 9.47. The van der Waals surface area contributed by atoms with Gasteiger partial charge in [0.25, 0.3) is 0 Å². The zero-order valence-corrected chi connectivity index (χ0v) is 9.79. The Morgan fingerprint density at radius 3 is 2.62 bits per heavy atom. The molecule has 0 aliphatic heterocycles. The van der Waals surface area contributed by atoms with Crippen molar-refractivity contribution in [2.24, 2.45) is 0 Å². The van der Waals surface area contributed by atoms with E-state index in [2.05, 4.69) is 16.6 Å². The minimum absolute atomic E-state index is 0. The molecule has 16 heavy (non-hydrogen) atoms. The summed E-state index contributed by atoms with van der Waals surface area (Å²) in [6, 6.07) is -0.822. The first-order chi connectivity index (χ1) is 7.11. The third-order valence-corrected chi connectivity index (χ3v) is 1.51. The van der Waals surface area contributed by atoms with Gasteiger partial charge in [0.05, 0.1) is 6.61 Å². The number of nitrogens with one attached hydrogen (secondary N) is 1. The highest BCUT2D eigenvalue weighted by atomic mass is 35.5. The lowest BCUT2D eigenvalue weighted by Gasteiger charge is -2.10. The van der Waals surface area contributed by atoms with E-state index in [4.69, 9.17) is 9.84 Å². The Morgan fingerprint density at radius 2 is 2.19 bits per heavy atom. The first-order valence-electron chi connectivity index (χ1n) is 4.36. The Balaban J connectivity index is 0. The van der Waals surface area contributed by atoms with Crippen LogP contribution in [0.4, 0.5) is 0 Å². The van der Waals surface area contributed by atoms with Crippen LogP contribution in [0.2, 0.25) is 0 Å². The lowest BCUT2D eigenvalue weighted by atomic mass is 10.3. The van der Waals surface area contributed by atoms with Crippen LogP contribution in [0.3, 0.4) is 0 Å². The summed E-state index contributed by atoms with van der Waals surface area (Å²) in [6.45, 7) is 3.14. The molecule has 0 heterocycles. The summed E-state index contributed by atoms with van der Waals surface area (Å²) >= 11 is 0. The number of carbonyl (C=O) groups is 2. The minimum atomic E-state index is -1.03. The van der Waals surface area contributed by atoms with Gasteiger partial charge >= 0.3 is 11.9 Å². The number of likely N-dealkylation sites (N-methyl/N-ethyl adjacent to an activating group) is 1. The maximum absolute atomic E-state index is 10.9. The van der Waals surface area contributed by atoms with Crippen molar-refractivity contribution in [3.8, 4) is 0 Å². The molecule has 0 aromatic rings. The number of aliphatic carboxylic acids is 1. The van der Waals surface area contributed by atoms with E-state index in [-0.39, 0.29) is 32.2 Å². The van der Waals surface area contributed by atoms with Crippen molar-refractivity contribution in [1.29, 1.82) is 0 Å². The van der Waals surface area contributed by atoms with Crippen LogP contribution >= 0.6 is 12.4 Å². The molecule has 0 fully saturated rings. The highest BCUT2D eigenvalue weighted by Gasteiger charge is 2.15. The SMILES string of the molecule is C=CCOC(=O)COCC(NC)C(=O)O.Cl. The number of rotatable bonds is 8. The molecule has 0 spiro atoms. The first kappa shape index (κ1) is 17.3. The first-order valence-corrected chi connectivity index (χ1v) is 4.36. The molecule has 2 N–H and O–H groups in total. The van der Waals surface area contributed by atoms with E-state index in [0.717, 1.165) is 0 Å². The molecule has 1 atom stereocenters. The van der Waals surface area contributed by atoms with Gasteiger partial charge in [0, 0.05) is 0 Å². The maximum Gasteiger partial charge on any atom is 0.332 e. The summed E-state index contributed by atoms with van der Waals surface area (Å²) in [5.41, 5.74) is 0. The van der Waals surface area contributed by atoms with Crippen molar-refractivity contribution >= 4 is 24.3 Å². The van der Waals surface area contributed by atoms with Crippen molar-refractivity contribution in [2.75, 3.05) is 26.9 Å². The Bertz CT molecular complexity index is 234. The number of carbonyl (C=O) groups excluding carboxylic acids is 1. The molecule has 94 valence electrons. The van der Waals surface area contributed by atoms with Crippen LogP contribution in [-0.4, -0.2) is 50.0 Å². The highest BCUT2D eigenvalue weighted by Crippen LogP contribution is 1.87. The zero-order chi connectivity index (χ0) is 11.7. The summed E-state index contributed by atoms with van der Waals surface area (Å²) in [4.78, 5) is 21.4. The molecule has 0 aliphatic rings. The number of hydrogen-bond acceptors (Lipinski definition) is 5. The minimum Gasteiger partial charge on any atom is -0.480 e. The number of ether oxygens (including phenoxy) is 2. The largest absolute Gasteiger partial charge is 0.480 e. The van der Waals surface area contributed by atoms with E-state index >= 15 is 0 Å². The van der Waals surface area contributed by atoms with Gasteiger partial charge in [-0.05, 0) is 7.05 Å². The fraction of sp³-hybridized carbons (Fsp3) is 0.556. The van der Waals surface area contributed by atoms with Crippen molar-refractivity contribution < 1.29 is 24.2 Å². The molecular formula is C9H16ClNO5. The van der Waals surface area contributed by atoms with E-state index in [9.17, 15) is 9.59 Å². The van der Waals surface area contributed by atoms with Crippen LogP contribution < -0.4 is 5.32 Å². The van der Waals surface area contributed by atoms with Gasteiger partial charge in [-0.15, -0.1) is 12.4 Å². The maximum atomic E-state index is 10.9. The normalized spacial score (nSPS) is 11.1. The highest BCUT2D eigenvalue weighted by molar-refractivity contribution is 5.85. The molecule has 0 aromatic heterocycles. The van der Waals surface area contributed by atoms with Gasteiger partial charge < -0.3 is 19.9 Å². The standard InChI is InChI=1S/C9H15NO5.ClH/c1-3-4-15-8(11)6-14-5-7(10-2)9(12)13;/h3,7,10H,1,4-6H2,2H3,(H,12,13);1H. The van der Waals surface area contributed by atoms with Crippen LogP contribution in [-0.2, 0) is 19.1 Å². The van der Waals surface area contributed by atoms with Crippen LogP contribution in [0.25, 0.3) is 0 Å². The predicted molar refractivity (Wildman–Crippen MR) is 59.7 cm³/mol. The van der Waals surface area contributed by atoms with E-state index in [1.54, 1.807) is 0 Å². The molecule has 0 rings (SSSR count). The van der Waals surface area contributed by atoms with Gasteiger partial charge in [0.2, 0.25) is 0 Å². The van der Waals surface area contributed by atoms with Crippen molar-refractivity contribution in [2.45, 2.75) is 6.04 Å². The molecule has 0 aromatic carbocycles. The third kappa shape index (κ3) is 8.22.